The normalized spacial score (nSPS) is 17.9. The highest BCUT2D eigenvalue weighted by Gasteiger charge is 2.30. The summed E-state index contributed by atoms with van der Waals surface area (Å²) in [7, 11) is 6.46. The lowest BCUT2D eigenvalue weighted by Gasteiger charge is -2.18. The molecule has 2 aliphatic heterocycles. The summed E-state index contributed by atoms with van der Waals surface area (Å²) in [4.78, 5) is 47.5. The second-order valence-electron chi connectivity index (χ2n) is 12.4. The zero-order valence-electron chi connectivity index (χ0n) is 28.5. The lowest BCUT2D eigenvalue weighted by atomic mass is 9.98. The van der Waals surface area contributed by atoms with E-state index < -0.39 is 0 Å². The van der Waals surface area contributed by atoms with E-state index in [1.54, 1.807) is 40.7 Å². The quantitative estimate of drug-likeness (QED) is 0.224. The van der Waals surface area contributed by atoms with Crippen LogP contribution >= 0.6 is 23.2 Å². The Morgan fingerprint density at radius 3 is 1.50 bits per heavy atom. The van der Waals surface area contributed by atoms with Gasteiger partial charge in [0.1, 0.15) is 11.4 Å². The molecule has 12 nitrogen and oxygen atoms in total. The number of halogens is 2. The van der Waals surface area contributed by atoms with Crippen molar-refractivity contribution in [2.75, 3.05) is 54.5 Å². The Kier molecular flexibility index (Phi) is 11.1. The fourth-order valence-corrected chi connectivity index (χ4v) is 7.33. The van der Waals surface area contributed by atoms with Gasteiger partial charge in [-0.3, -0.25) is 29.4 Å². The van der Waals surface area contributed by atoms with Crippen LogP contribution in [0.4, 0.5) is 0 Å². The SMILES string of the molecule is CNC(=O)C1CCN(Cc2ncc(-c3cccc(-c4cccc(-c5cnc(CN6CCC(C(=O)NC)C6)c(OC)n5)c4Cl)c3Cl)nc2OC)C1. The predicted molar refractivity (Wildman–Crippen MR) is 192 cm³/mol. The molecule has 262 valence electrons. The van der Waals surface area contributed by atoms with Gasteiger partial charge in [0, 0.05) is 62.5 Å². The van der Waals surface area contributed by atoms with Crippen LogP contribution < -0.4 is 20.1 Å². The smallest absolute Gasteiger partial charge is 0.237 e. The minimum atomic E-state index is -0.0379. The molecule has 2 aliphatic rings. The van der Waals surface area contributed by atoms with E-state index >= 15 is 0 Å². The van der Waals surface area contributed by atoms with Crippen LogP contribution in [-0.4, -0.2) is 96.0 Å². The minimum absolute atomic E-state index is 0.0379. The number of carbonyl (C=O) groups is 2. The van der Waals surface area contributed by atoms with Crippen molar-refractivity contribution in [2.45, 2.75) is 25.9 Å². The number of aromatic nitrogens is 4. The van der Waals surface area contributed by atoms with Crippen LogP contribution in [0.5, 0.6) is 11.8 Å². The number of hydrogen-bond acceptors (Lipinski definition) is 10. The van der Waals surface area contributed by atoms with Crippen molar-refractivity contribution in [3.8, 4) is 45.4 Å². The first kappa shape index (κ1) is 35.5. The van der Waals surface area contributed by atoms with E-state index in [0.29, 0.717) is 81.9 Å². The second kappa shape index (κ2) is 15.7. The molecule has 2 fully saturated rings. The molecule has 50 heavy (non-hydrogen) atoms. The summed E-state index contributed by atoms with van der Waals surface area (Å²) in [5.74, 6) is 0.837. The number of hydrogen-bond donors (Lipinski definition) is 2. The molecule has 2 saturated heterocycles. The van der Waals surface area contributed by atoms with Crippen molar-refractivity contribution < 1.29 is 19.1 Å². The molecule has 0 bridgehead atoms. The maximum Gasteiger partial charge on any atom is 0.237 e. The van der Waals surface area contributed by atoms with Gasteiger partial charge in [-0.2, -0.15) is 0 Å². The van der Waals surface area contributed by atoms with Crippen LogP contribution in [0.15, 0.2) is 48.8 Å². The van der Waals surface area contributed by atoms with Crippen LogP contribution in [0.2, 0.25) is 10.0 Å². The highest BCUT2D eigenvalue weighted by molar-refractivity contribution is 6.39. The summed E-state index contributed by atoms with van der Waals surface area (Å²) in [5, 5.41) is 6.40. The summed E-state index contributed by atoms with van der Waals surface area (Å²) in [6.07, 6.45) is 4.98. The minimum Gasteiger partial charge on any atom is -0.480 e. The Morgan fingerprint density at radius 1 is 0.720 bits per heavy atom. The fourth-order valence-electron chi connectivity index (χ4n) is 6.69. The van der Waals surface area contributed by atoms with Gasteiger partial charge >= 0.3 is 0 Å². The maximum atomic E-state index is 12.1. The number of rotatable bonds is 11. The molecule has 2 unspecified atom stereocenters. The fraction of sp³-hybridized carbons (Fsp3) is 0.389. The third kappa shape index (κ3) is 7.39. The van der Waals surface area contributed by atoms with Crippen LogP contribution in [-0.2, 0) is 22.7 Å². The van der Waals surface area contributed by atoms with E-state index in [9.17, 15) is 9.59 Å². The van der Waals surface area contributed by atoms with Crippen molar-refractivity contribution in [3.63, 3.8) is 0 Å². The van der Waals surface area contributed by atoms with Crippen LogP contribution in [0.25, 0.3) is 33.6 Å². The van der Waals surface area contributed by atoms with Crippen molar-refractivity contribution in [1.82, 2.24) is 40.4 Å². The molecule has 0 saturated carbocycles. The van der Waals surface area contributed by atoms with E-state index in [0.717, 1.165) is 37.1 Å². The topological polar surface area (TPSA) is 135 Å². The lowest BCUT2D eigenvalue weighted by molar-refractivity contribution is -0.124. The average Bonchev–Trinajstić information content (AvgIpc) is 3.82. The molecular weight excluding hydrogens is 679 g/mol. The van der Waals surface area contributed by atoms with Crippen LogP contribution in [0.1, 0.15) is 24.2 Å². The van der Waals surface area contributed by atoms with Crippen molar-refractivity contribution in [1.29, 1.82) is 0 Å². The number of nitrogens with one attached hydrogen (secondary N) is 2. The Morgan fingerprint density at radius 2 is 1.12 bits per heavy atom. The van der Waals surface area contributed by atoms with Crippen molar-refractivity contribution in [3.05, 3.63) is 70.2 Å². The number of amides is 2. The number of nitrogens with zero attached hydrogens (tertiary/aromatic N) is 6. The van der Waals surface area contributed by atoms with Gasteiger partial charge < -0.3 is 20.1 Å². The zero-order chi connectivity index (χ0) is 35.4. The average molecular weight is 720 g/mol. The highest BCUT2D eigenvalue weighted by atomic mass is 35.5. The number of methoxy groups -OCH3 is 2. The first-order chi connectivity index (χ1) is 24.2. The predicted octanol–water partition coefficient (Wildman–Crippen LogP) is 4.73. The summed E-state index contributed by atoms with van der Waals surface area (Å²) in [6.45, 7) is 3.93. The third-order valence-electron chi connectivity index (χ3n) is 9.38. The molecule has 2 N–H and O–H groups in total. The molecule has 6 rings (SSSR count). The Labute approximate surface area is 301 Å². The van der Waals surface area contributed by atoms with Gasteiger partial charge in [0.15, 0.2) is 0 Å². The van der Waals surface area contributed by atoms with Gasteiger partial charge in [-0.15, -0.1) is 0 Å². The number of carbonyl (C=O) groups excluding carboxylic acids is 2. The maximum absolute atomic E-state index is 12.1. The Bertz CT molecular complexity index is 1760. The summed E-state index contributed by atoms with van der Waals surface area (Å²) < 4.78 is 11.3. The number of likely N-dealkylation sites (tertiary alicyclic amines) is 2. The van der Waals surface area contributed by atoms with Crippen LogP contribution in [0, 0.1) is 11.8 Å². The molecule has 0 aliphatic carbocycles. The van der Waals surface area contributed by atoms with Gasteiger partial charge in [0.2, 0.25) is 23.6 Å². The van der Waals surface area contributed by atoms with E-state index in [1.165, 1.54) is 0 Å². The monoisotopic (exact) mass is 718 g/mol. The molecular formula is C36H40Cl2N8O4. The largest absolute Gasteiger partial charge is 0.480 e. The van der Waals surface area contributed by atoms with Gasteiger partial charge in [0.05, 0.1) is 59.9 Å². The third-order valence-corrected chi connectivity index (χ3v) is 10.2. The molecule has 4 heterocycles. The number of benzene rings is 2. The summed E-state index contributed by atoms with van der Waals surface area (Å²) >= 11 is 14.2. The lowest BCUT2D eigenvalue weighted by Crippen LogP contribution is -2.30. The van der Waals surface area contributed by atoms with Gasteiger partial charge in [0.25, 0.3) is 0 Å². The van der Waals surface area contributed by atoms with E-state index in [4.69, 9.17) is 52.6 Å². The molecule has 2 aromatic heterocycles. The standard InChI is InChI=1S/C36H40Cl2N8O4/c1-39-33(47)21-11-13-45(17-21)19-29-35(49-3)43-27(15-41-29)25-9-5-7-23(31(25)37)24-8-6-10-26(32(24)38)28-16-42-30(36(44-28)50-4)20-46-14-12-22(18-46)34(48)40-2/h5-10,15-16,21-22H,11-14,17-20H2,1-4H3,(H,39,47)(H,40,48). The van der Waals surface area contributed by atoms with Crippen molar-refractivity contribution >= 4 is 35.0 Å². The van der Waals surface area contributed by atoms with E-state index in [2.05, 4.69) is 20.4 Å². The van der Waals surface area contributed by atoms with Gasteiger partial charge in [-0.05, 0) is 25.9 Å². The van der Waals surface area contributed by atoms with Gasteiger partial charge in [-0.25, -0.2) is 9.97 Å². The zero-order valence-corrected chi connectivity index (χ0v) is 30.0. The second-order valence-corrected chi connectivity index (χ2v) is 13.2. The molecule has 4 aromatic rings. The summed E-state index contributed by atoms with van der Waals surface area (Å²) in [5.41, 5.74) is 5.27. The van der Waals surface area contributed by atoms with E-state index in [1.807, 2.05) is 36.4 Å². The van der Waals surface area contributed by atoms with E-state index in [-0.39, 0.29) is 23.7 Å². The molecule has 2 atom stereocenters. The highest BCUT2D eigenvalue weighted by Crippen LogP contribution is 2.42. The Balaban J connectivity index is 1.24. The van der Waals surface area contributed by atoms with Gasteiger partial charge in [-0.1, -0.05) is 59.6 Å². The first-order valence-corrected chi connectivity index (χ1v) is 17.3. The molecule has 2 amide bonds. The number of ether oxygens (including phenoxy) is 2. The molecule has 0 radical (unpaired) electrons. The molecule has 2 aromatic carbocycles. The van der Waals surface area contributed by atoms with Crippen molar-refractivity contribution in [2.24, 2.45) is 11.8 Å². The molecule has 0 spiro atoms. The van der Waals surface area contributed by atoms with Crippen LogP contribution in [0.3, 0.4) is 0 Å². The summed E-state index contributed by atoms with van der Waals surface area (Å²) in [6, 6.07) is 11.4. The first-order valence-electron chi connectivity index (χ1n) is 16.5. The molecule has 14 heteroatoms. The Hall–Kier alpha value is -4.36.